The molecule has 0 saturated heterocycles. The van der Waals surface area contributed by atoms with Crippen molar-refractivity contribution in [2.24, 2.45) is 0 Å². The molecule has 1 atom stereocenters. The van der Waals surface area contributed by atoms with E-state index in [0.29, 0.717) is 9.47 Å². The molecule has 0 saturated carbocycles. The van der Waals surface area contributed by atoms with Crippen LogP contribution < -0.4 is 11.1 Å². The van der Waals surface area contributed by atoms with E-state index in [2.05, 4.69) is 20.5 Å². The third-order valence-corrected chi connectivity index (χ3v) is 4.91. The van der Waals surface area contributed by atoms with Crippen LogP contribution in [0.15, 0.2) is 40.9 Å². The van der Waals surface area contributed by atoms with E-state index in [0.717, 1.165) is 16.6 Å². The minimum absolute atomic E-state index is 0.102. The molecule has 3 rings (SSSR count). The van der Waals surface area contributed by atoms with Crippen LogP contribution in [-0.4, -0.2) is 26.3 Å². The molecular formula is C14H13N5OS2. The molecular weight excluding hydrogens is 318 g/mol. The van der Waals surface area contributed by atoms with Crippen LogP contribution in [0.1, 0.15) is 6.92 Å². The topological polar surface area (TPSA) is 93.8 Å². The molecule has 1 unspecified atom stereocenters. The quantitative estimate of drug-likeness (QED) is 0.714. The number of hydrogen-bond acceptors (Lipinski definition) is 7. The van der Waals surface area contributed by atoms with Crippen molar-refractivity contribution in [2.75, 3.05) is 11.1 Å². The number of pyridine rings is 1. The summed E-state index contributed by atoms with van der Waals surface area (Å²) in [5.41, 5.74) is 7.14. The Kier molecular flexibility index (Phi) is 4.21. The van der Waals surface area contributed by atoms with Crippen LogP contribution in [-0.2, 0) is 4.79 Å². The number of amides is 1. The second-order valence-corrected chi connectivity index (χ2v) is 7.13. The molecule has 1 amide bonds. The Hall–Kier alpha value is -2.19. The Bertz CT molecular complexity index is 814. The standard InChI is InChI=1S/C14H13N5OS2/c1-8(21-14-19-18-13(15)22-14)12(20)17-11-6-2-5-10-9(11)4-3-7-16-10/h2-8H,1H3,(H2,15,18)(H,17,20). The smallest absolute Gasteiger partial charge is 0.237 e. The zero-order valence-corrected chi connectivity index (χ0v) is 13.3. The van der Waals surface area contributed by atoms with E-state index < -0.39 is 0 Å². The number of rotatable bonds is 4. The van der Waals surface area contributed by atoms with Gasteiger partial charge in [-0.25, -0.2) is 0 Å². The molecule has 0 spiro atoms. The van der Waals surface area contributed by atoms with Gasteiger partial charge in [-0.3, -0.25) is 9.78 Å². The third kappa shape index (κ3) is 3.18. The highest BCUT2D eigenvalue weighted by Crippen LogP contribution is 2.29. The van der Waals surface area contributed by atoms with Crippen molar-refractivity contribution in [1.29, 1.82) is 0 Å². The van der Waals surface area contributed by atoms with Gasteiger partial charge in [0.1, 0.15) is 0 Å². The third-order valence-electron chi connectivity index (χ3n) is 2.97. The lowest BCUT2D eigenvalue weighted by molar-refractivity contribution is -0.115. The average molecular weight is 331 g/mol. The number of thioether (sulfide) groups is 1. The molecule has 1 aromatic carbocycles. The van der Waals surface area contributed by atoms with Gasteiger partial charge in [0, 0.05) is 11.6 Å². The van der Waals surface area contributed by atoms with Gasteiger partial charge in [-0.15, -0.1) is 10.2 Å². The van der Waals surface area contributed by atoms with Crippen molar-refractivity contribution in [3.8, 4) is 0 Å². The van der Waals surface area contributed by atoms with Gasteiger partial charge in [0.25, 0.3) is 0 Å². The van der Waals surface area contributed by atoms with E-state index >= 15 is 0 Å². The van der Waals surface area contributed by atoms with Crippen molar-refractivity contribution < 1.29 is 4.79 Å². The second-order valence-electron chi connectivity index (χ2n) is 4.53. The highest BCUT2D eigenvalue weighted by atomic mass is 32.2. The average Bonchev–Trinajstić information content (AvgIpc) is 2.92. The number of nitrogens with two attached hydrogens (primary N) is 1. The van der Waals surface area contributed by atoms with Crippen LogP contribution in [0.25, 0.3) is 10.9 Å². The Balaban J connectivity index is 1.75. The van der Waals surface area contributed by atoms with Gasteiger partial charge in [0.15, 0.2) is 4.34 Å². The lowest BCUT2D eigenvalue weighted by atomic mass is 10.2. The van der Waals surface area contributed by atoms with Crippen molar-refractivity contribution in [3.63, 3.8) is 0 Å². The first-order chi connectivity index (χ1) is 10.6. The summed E-state index contributed by atoms with van der Waals surface area (Å²) in [4.78, 5) is 16.6. The van der Waals surface area contributed by atoms with Crippen LogP contribution in [0.2, 0.25) is 0 Å². The van der Waals surface area contributed by atoms with Crippen LogP contribution in [0.4, 0.5) is 10.8 Å². The van der Waals surface area contributed by atoms with Crippen molar-refractivity contribution in [2.45, 2.75) is 16.5 Å². The molecule has 3 N–H and O–H groups in total. The maximum Gasteiger partial charge on any atom is 0.237 e. The van der Waals surface area contributed by atoms with E-state index in [-0.39, 0.29) is 11.2 Å². The lowest BCUT2D eigenvalue weighted by Crippen LogP contribution is -2.22. The number of carbonyl (C=O) groups is 1. The zero-order valence-electron chi connectivity index (χ0n) is 11.7. The largest absolute Gasteiger partial charge is 0.374 e. The summed E-state index contributed by atoms with van der Waals surface area (Å²) in [7, 11) is 0. The SMILES string of the molecule is CC(Sc1nnc(N)s1)C(=O)Nc1cccc2ncccc12. The molecule has 0 bridgehead atoms. The minimum Gasteiger partial charge on any atom is -0.374 e. The van der Waals surface area contributed by atoms with Gasteiger partial charge < -0.3 is 11.1 Å². The molecule has 3 aromatic rings. The molecule has 0 aliphatic rings. The summed E-state index contributed by atoms with van der Waals surface area (Å²) < 4.78 is 0.680. The number of benzene rings is 1. The van der Waals surface area contributed by atoms with Gasteiger partial charge in [-0.1, -0.05) is 29.2 Å². The fourth-order valence-electron chi connectivity index (χ4n) is 1.92. The molecule has 112 valence electrons. The van der Waals surface area contributed by atoms with Gasteiger partial charge in [0.2, 0.25) is 11.0 Å². The lowest BCUT2D eigenvalue weighted by Gasteiger charge is -2.12. The number of hydrogen-bond donors (Lipinski definition) is 2. The Morgan fingerprint density at radius 3 is 2.95 bits per heavy atom. The summed E-state index contributed by atoms with van der Waals surface area (Å²) in [6.07, 6.45) is 1.73. The van der Waals surface area contributed by atoms with E-state index in [1.54, 1.807) is 6.20 Å². The first-order valence-electron chi connectivity index (χ1n) is 6.54. The van der Waals surface area contributed by atoms with E-state index in [1.807, 2.05) is 37.3 Å². The Labute approximate surface area is 135 Å². The van der Waals surface area contributed by atoms with Crippen molar-refractivity contribution in [3.05, 3.63) is 36.5 Å². The number of fused-ring (bicyclic) bond motifs is 1. The highest BCUT2D eigenvalue weighted by molar-refractivity contribution is 8.02. The zero-order chi connectivity index (χ0) is 15.5. The van der Waals surface area contributed by atoms with Crippen LogP contribution >= 0.6 is 23.1 Å². The first kappa shape index (κ1) is 14.7. The summed E-state index contributed by atoms with van der Waals surface area (Å²) in [5.74, 6) is -0.102. The normalized spacial score (nSPS) is 12.2. The number of aromatic nitrogens is 3. The maximum atomic E-state index is 12.3. The van der Waals surface area contributed by atoms with Crippen molar-refractivity contribution >= 4 is 50.7 Å². The first-order valence-corrected chi connectivity index (χ1v) is 8.23. The Morgan fingerprint density at radius 1 is 1.32 bits per heavy atom. The molecule has 0 radical (unpaired) electrons. The van der Waals surface area contributed by atoms with Crippen LogP contribution in [0.5, 0.6) is 0 Å². The van der Waals surface area contributed by atoms with E-state index in [1.165, 1.54) is 23.1 Å². The summed E-state index contributed by atoms with van der Waals surface area (Å²) >= 11 is 2.61. The van der Waals surface area contributed by atoms with Gasteiger partial charge >= 0.3 is 0 Å². The number of anilines is 2. The summed E-state index contributed by atoms with van der Waals surface area (Å²) in [5, 5.41) is 11.6. The van der Waals surface area contributed by atoms with Crippen LogP contribution in [0, 0.1) is 0 Å². The molecule has 22 heavy (non-hydrogen) atoms. The summed E-state index contributed by atoms with van der Waals surface area (Å²) in [6, 6.07) is 9.42. The van der Waals surface area contributed by atoms with Gasteiger partial charge in [-0.05, 0) is 31.2 Å². The number of nitrogen functional groups attached to an aromatic ring is 1. The molecule has 0 aliphatic carbocycles. The fraction of sp³-hybridized carbons (Fsp3) is 0.143. The minimum atomic E-state index is -0.306. The molecule has 0 fully saturated rings. The number of nitrogens with one attached hydrogen (secondary N) is 1. The highest BCUT2D eigenvalue weighted by Gasteiger charge is 2.17. The summed E-state index contributed by atoms with van der Waals surface area (Å²) in [6.45, 7) is 1.82. The molecule has 6 nitrogen and oxygen atoms in total. The Morgan fingerprint density at radius 2 is 2.18 bits per heavy atom. The number of carbonyl (C=O) groups excluding carboxylic acids is 1. The maximum absolute atomic E-state index is 12.3. The fourth-order valence-corrected chi connectivity index (χ4v) is 3.70. The number of nitrogens with zero attached hydrogens (tertiary/aromatic N) is 3. The molecule has 2 heterocycles. The monoisotopic (exact) mass is 331 g/mol. The molecule has 8 heteroatoms. The van der Waals surface area contributed by atoms with Gasteiger partial charge in [-0.2, -0.15) is 0 Å². The molecule has 0 aliphatic heterocycles. The van der Waals surface area contributed by atoms with Crippen molar-refractivity contribution in [1.82, 2.24) is 15.2 Å². The van der Waals surface area contributed by atoms with Crippen LogP contribution in [0.3, 0.4) is 0 Å². The predicted molar refractivity (Wildman–Crippen MR) is 90.0 cm³/mol. The second kappa shape index (κ2) is 6.29. The van der Waals surface area contributed by atoms with Gasteiger partial charge in [0.05, 0.1) is 16.5 Å². The predicted octanol–water partition coefficient (Wildman–Crippen LogP) is 2.79. The van der Waals surface area contributed by atoms with E-state index in [4.69, 9.17) is 5.73 Å². The van der Waals surface area contributed by atoms with E-state index in [9.17, 15) is 4.79 Å². The molecule has 2 aromatic heterocycles.